The first kappa shape index (κ1) is 14.3. The molecule has 0 unspecified atom stereocenters. The summed E-state index contributed by atoms with van der Waals surface area (Å²) in [5, 5.41) is 2.96. The van der Waals surface area contributed by atoms with E-state index < -0.39 is 0 Å². The number of aryl methyl sites for hydroxylation is 2. The minimum Gasteiger partial charge on any atom is -0.352 e. The number of nitrogens with one attached hydrogen (secondary N) is 1. The molecule has 3 aromatic rings. The largest absolute Gasteiger partial charge is 0.352 e. The Hall–Kier alpha value is -2.62. The van der Waals surface area contributed by atoms with Gasteiger partial charge in [-0.05, 0) is 37.6 Å². The molecule has 1 amide bonds. The number of aromatic nitrogens is 2. The number of nitrogens with zero attached hydrogens (tertiary/aromatic N) is 2. The van der Waals surface area contributed by atoms with E-state index in [-0.39, 0.29) is 5.91 Å². The van der Waals surface area contributed by atoms with Crippen LogP contribution in [0.25, 0.3) is 5.65 Å². The summed E-state index contributed by atoms with van der Waals surface area (Å²) in [5.41, 5.74) is 4.81. The second-order valence-corrected chi connectivity index (χ2v) is 5.52. The van der Waals surface area contributed by atoms with Crippen LogP contribution in [0.2, 0.25) is 0 Å². The van der Waals surface area contributed by atoms with E-state index in [1.807, 2.05) is 67.0 Å². The number of carbonyl (C=O) groups is 1. The number of hydrogen-bond donors (Lipinski definition) is 1. The van der Waals surface area contributed by atoms with Gasteiger partial charge in [0.25, 0.3) is 5.91 Å². The Morgan fingerprint density at radius 1 is 1.23 bits per heavy atom. The molecule has 0 aliphatic heterocycles. The van der Waals surface area contributed by atoms with E-state index in [2.05, 4.69) is 10.3 Å². The zero-order chi connectivity index (χ0) is 15.5. The highest BCUT2D eigenvalue weighted by Gasteiger charge is 2.08. The highest BCUT2D eigenvalue weighted by Crippen LogP contribution is 2.10. The number of imidazole rings is 1. The molecule has 4 nitrogen and oxygen atoms in total. The average molecular weight is 293 g/mol. The quantitative estimate of drug-likeness (QED) is 0.804. The van der Waals surface area contributed by atoms with Crippen molar-refractivity contribution in [3.63, 3.8) is 0 Å². The second kappa shape index (κ2) is 6.02. The van der Waals surface area contributed by atoms with Crippen molar-refractivity contribution in [3.8, 4) is 0 Å². The molecule has 0 aliphatic carbocycles. The summed E-state index contributed by atoms with van der Waals surface area (Å²) in [6, 6.07) is 11.8. The number of amides is 1. The lowest BCUT2D eigenvalue weighted by Gasteiger charge is -2.07. The van der Waals surface area contributed by atoms with E-state index in [9.17, 15) is 4.79 Å². The Bertz CT molecular complexity index is 787. The van der Waals surface area contributed by atoms with Gasteiger partial charge in [-0.3, -0.25) is 4.79 Å². The topological polar surface area (TPSA) is 46.4 Å². The van der Waals surface area contributed by atoms with Gasteiger partial charge < -0.3 is 9.72 Å². The summed E-state index contributed by atoms with van der Waals surface area (Å²) in [5.74, 6) is -0.0266. The van der Waals surface area contributed by atoms with Crippen molar-refractivity contribution in [1.29, 1.82) is 0 Å². The molecule has 0 spiro atoms. The van der Waals surface area contributed by atoms with Gasteiger partial charge in [-0.2, -0.15) is 0 Å². The van der Waals surface area contributed by atoms with Gasteiger partial charge in [0.05, 0.1) is 5.69 Å². The van der Waals surface area contributed by atoms with Crippen LogP contribution < -0.4 is 5.32 Å². The first-order chi connectivity index (χ1) is 10.6. The van der Waals surface area contributed by atoms with Crippen molar-refractivity contribution in [1.82, 2.24) is 14.7 Å². The predicted molar refractivity (Wildman–Crippen MR) is 87.1 cm³/mol. The standard InChI is InChI=1S/C18H19N3O/c1-13-6-7-16(14(2)11-13)18(22)19-9-8-15-12-21-10-4-3-5-17(21)20-15/h3-7,10-12H,8-9H2,1-2H3,(H,19,22). The summed E-state index contributed by atoms with van der Waals surface area (Å²) in [6.07, 6.45) is 4.69. The zero-order valence-electron chi connectivity index (χ0n) is 12.8. The van der Waals surface area contributed by atoms with Gasteiger partial charge in [0, 0.05) is 30.9 Å². The monoisotopic (exact) mass is 293 g/mol. The van der Waals surface area contributed by atoms with Crippen molar-refractivity contribution < 1.29 is 4.79 Å². The van der Waals surface area contributed by atoms with E-state index >= 15 is 0 Å². The van der Waals surface area contributed by atoms with E-state index in [1.165, 1.54) is 5.56 Å². The molecule has 0 saturated carbocycles. The van der Waals surface area contributed by atoms with Gasteiger partial charge in [-0.25, -0.2) is 4.98 Å². The number of fused-ring (bicyclic) bond motifs is 1. The molecular weight excluding hydrogens is 274 g/mol. The Balaban J connectivity index is 1.61. The molecule has 0 saturated heterocycles. The van der Waals surface area contributed by atoms with E-state index in [1.54, 1.807) is 0 Å². The molecule has 2 heterocycles. The van der Waals surface area contributed by atoms with Gasteiger partial charge in [0.2, 0.25) is 0 Å². The van der Waals surface area contributed by atoms with Gasteiger partial charge >= 0.3 is 0 Å². The van der Waals surface area contributed by atoms with Crippen LogP contribution in [0.3, 0.4) is 0 Å². The van der Waals surface area contributed by atoms with Crippen LogP contribution in [-0.4, -0.2) is 21.8 Å². The maximum atomic E-state index is 12.2. The van der Waals surface area contributed by atoms with Crippen LogP contribution in [-0.2, 0) is 6.42 Å². The molecule has 0 atom stereocenters. The van der Waals surface area contributed by atoms with Crippen LogP contribution in [0.5, 0.6) is 0 Å². The first-order valence-corrected chi connectivity index (χ1v) is 7.41. The van der Waals surface area contributed by atoms with Crippen molar-refractivity contribution in [2.75, 3.05) is 6.54 Å². The molecular formula is C18H19N3O. The van der Waals surface area contributed by atoms with Gasteiger partial charge in [-0.15, -0.1) is 0 Å². The molecule has 0 radical (unpaired) electrons. The van der Waals surface area contributed by atoms with Crippen molar-refractivity contribution in [3.05, 3.63) is 71.2 Å². The van der Waals surface area contributed by atoms with Crippen molar-refractivity contribution in [2.45, 2.75) is 20.3 Å². The Morgan fingerprint density at radius 2 is 2.09 bits per heavy atom. The molecule has 3 rings (SSSR count). The number of carbonyl (C=O) groups excluding carboxylic acids is 1. The van der Waals surface area contributed by atoms with Crippen LogP contribution >= 0.6 is 0 Å². The van der Waals surface area contributed by atoms with Crippen LogP contribution in [0.15, 0.2) is 48.8 Å². The average Bonchev–Trinajstić information content (AvgIpc) is 2.89. The maximum Gasteiger partial charge on any atom is 0.251 e. The van der Waals surface area contributed by atoms with Gasteiger partial charge in [0.1, 0.15) is 5.65 Å². The summed E-state index contributed by atoms with van der Waals surface area (Å²) in [7, 11) is 0. The zero-order valence-corrected chi connectivity index (χ0v) is 12.8. The second-order valence-electron chi connectivity index (χ2n) is 5.52. The lowest BCUT2D eigenvalue weighted by atomic mass is 10.1. The molecule has 0 bridgehead atoms. The third-order valence-corrected chi connectivity index (χ3v) is 3.71. The lowest BCUT2D eigenvalue weighted by Crippen LogP contribution is -2.26. The first-order valence-electron chi connectivity index (χ1n) is 7.41. The van der Waals surface area contributed by atoms with E-state index in [0.29, 0.717) is 6.54 Å². The third kappa shape index (κ3) is 3.01. The molecule has 4 heteroatoms. The fourth-order valence-corrected chi connectivity index (χ4v) is 2.58. The lowest BCUT2D eigenvalue weighted by molar-refractivity contribution is 0.0953. The Kier molecular flexibility index (Phi) is 3.92. The predicted octanol–water partition coefficient (Wildman–Crippen LogP) is 2.92. The van der Waals surface area contributed by atoms with Gasteiger partial charge in [0.15, 0.2) is 0 Å². The number of pyridine rings is 1. The fraction of sp³-hybridized carbons (Fsp3) is 0.222. The summed E-state index contributed by atoms with van der Waals surface area (Å²) in [6.45, 7) is 4.57. The highest BCUT2D eigenvalue weighted by molar-refractivity contribution is 5.95. The molecule has 2 aromatic heterocycles. The fourth-order valence-electron chi connectivity index (χ4n) is 2.58. The summed E-state index contributed by atoms with van der Waals surface area (Å²) < 4.78 is 1.99. The van der Waals surface area contributed by atoms with E-state index in [0.717, 1.165) is 28.9 Å². The van der Waals surface area contributed by atoms with Crippen LogP contribution in [0.4, 0.5) is 0 Å². The Labute approximate surface area is 129 Å². The van der Waals surface area contributed by atoms with Crippen LogP contribution in [0.1, 0.15) is 27.2 Å². The summed E-state index contributed by atoms with van der Waals surface area (Å²) in [4.78, 5) is 16.7. The number of rotatable bonds is 4. The van der Waals surface area contributed by atoms with Gasteiger partial charge in [-0.1, -0.05) is 23.8 Å². The summed E-state index contributed by atoms with van der Waals surface area (Å²) >= 11 is 0. The number of hydrogen-bond acceptors (Lipinski definition) is 2. The Morgan fingerprint density at radius 3 is 2.86 bits per heavy atom. The molecule has 0 aliphatic rings. The smallest absolute Gasteiger partial charge is 0.251 e. The third-order valence-electron chi connectivity index (χ3n) is 3.71. The van der Waals surface area contributed by atoms with Crippen LogP contribution in [0, 0.1) is 13.8 Å². The maximum absolute atomic E-state index is 12.2. The number of benzene rings is 1. The molecule has 112 valence electrons. The minimum atomic E-state index is -0.0266. The van der Waals surface area contributed by atoms with Crippen molar-refractivity contribution in [2.24, 2.45) is 0 Å². The highest BCUT2D eigenvalue weighted by atomic mass is 16.1. The normalized spacial score (nSPS) is 10.8. The SMILES string of the molecule is Cc1ccc(C(=O)NCCc2cn3ccccc3n2)c(C)c1. The molecule has 22 heavy (non-hydrogen) atoms. The molecule has 1 aromatic carbocycles. The van der Waals surface area contributed by atoms with Crippen molar-refractivity contribution >= 4 is 11.6 Å². The molecule has 0 fully saturated rings. The molecule has 1 N–H and O–H groups in total. The minimum absolute atomic E-state index is 0.0266. The van der Waals surface area contributed by atoms with E-state index in [4.69, 9.17) is 0 Å².